The Labute approximate surface area is 136 Å². The fraction of sp³-hybridized carbons (Fsp3) is 0.688. The van der Waals surface area contributed by atoms with E-state index in [0.29, 0.717) is 12.4 Å². The molecule has 0 aliphatic heterocycles. The number of aliphatic imine (C=N–C) groups is 1. The van der Waals surface area contributed by atoms with Gasteiger partial charge in [0, 0.05) is 19.2 Å². The zero-order valence-corrected chi connectivity index (χ0v) is 14.2. The molecule has 2 N–H and O–H groups in total. The van der Waals surface area contributed by atoms with Gasteiger partial charge in [-0.15, -0.1) is 0 Å². The van der Waals surface area contributed by atoms with Gasteiger partial charge in [-0.05, 0) is 30.1 Å². The summed E-state index contributed by atoms with van der Waals surface area (Å²) in [4.78, 5) is 26.4. The van der Waals surface area contributed by atoms with Crippen LogP contribution in [0.15, 0.2) is 17.3 Å². The van der Waals surface area contributed by atoms with Crippen molar-refractivity contribution in [3.05, 3.63) is 12.3 Å². The molecule has 1 saturated carbocycles. The molecule has 23 heavy (non-hydrogen) atoms. The van der Waals surface area contributed by atoms with Crippen molar-refractivity contribution in [2.45, 2.75) is 46.1 Å². The molecule has 2 atom stereocenters. The van der Waals surface area contributed by atoms with Gasteiger partial charge in [0.15, 0.2) is 0 Å². The number of isocyanates is 1. The first-order valence-electron chi connectivity index (χ1n) is 7.82. The number of carbonyl (C=O) groups excluding carboxylic acids is 2. The lowest BCUT2D eigenvalue weighted by atomic mass is 9.62. The second kappa shape index (κ2) is 6.54. The summed E-state index contributed by atoms with van der Waals surface area (Å²) >= 11 is 0. The molecule has 7 nitrogen and oxygen atoms in total. The number of rotatable bonds is 4. The summed E-state index contributed by atoms with van der Waals surface area (Å²) in [6.07, 6.45) is 5.91. The van der Waals surface area contributed by atoms with Crippen LogP contribution in [0.1, 0.15) is 40.0 Å². The predicted molar refractivity (Wildman–Crippen MR) is 87.9 cm³/mol. The maximum absolute atomic E-state index is 12.2. The van der Waals surface area contributed by atoms with E-state index in [1.807, 2.05) is 0 Å². The fourth-order valence-corrected chi connectivity index (χ4v) is 3.91. The lowest BCUT2D eigenvalue weighted by Gasteiger charge is -2.46. The number of aryl methyl sites for hydroxylation is 1. The van der Waals surface area contributed by atoms with E-state index in [1.54, 1.807) is 30.1 Å². The molecule has 0 aromatic carbocycles. The number of hydrogen-bond acceptors (Lipinski definition) is 4. The van der Waals surface area contributed by atoms with Gasteiger partial charge in [0.1, 0.15) is 5.82 Å². The van der Waals surface area contributed by atoms with Crippen molar-refractivity contribution in [1.82, 2.24) is 15.1 Å². The first-order valence-corrected chi connectivity index (χ1v) is 7.82. The smallest absolute Gasteiger partial charge is 0.320 e. The molecule has 1 aliphatic rings. The fourth-order valence-electron chi connectivity index (χ4n) is 3.91. The van der Waals surface area contributed by atoms with Crippen molar-refractivity contribution in [1.29, 1.82) is 0 Å². The second-order valence-electron chi connectivity index (χ2n) is 7.60. The normalized spacial score (nSPS) is 26.2. The standard InChI is InChI=1S/C16H25N5O2/c1-15(2)7-12(8-16(3,9-15)10-17-11-22)19-14(23)20-13-5-6-18-21(13)4/h5-6,12H,7-10H2,1-4H3,(H2,19,20,23). The lowest BCUT2D eigenvalue weighted by molar-refractivity contribution is 0.0815. The number of anilines is 1. The zero-order valence-electron chi connectivity index (χ0n) is 14.2. The molecule has 1 aromatic rings. The number of aromatic nitrogens is 2. The Hall–Kier alpha value is -2.14. The van der Waals surface area contributed by atoms with Gasteiger partial charge in [-0.2, -0.15) is 5.10 Å². The lowest BCUT2D eigenvalue weighted by Crippen LogP contribution is -2.49. The molecule has 2 amide bonds. The molecule has 0 saturated heterocycles. The Morgan fingerprint density at radius 3 is 2.83 bits per heavy atom. The Morgan fingerprint density at radius 2 is 2.22 bits per heavy atom. The first-order chi connectivity index (χ1) is 10.7. The van der Waals surface area contributed by atoms with Crippen LogP contribution in [0.25, 0.3) is 0 Å². The average molecular weight is 319 g/mol. The van der Waals surface area contributed by atoms with E-state index in [-0.39, 0.29) is 22.9 Å². The first kappa shape index (κ1) is 17.2. The summed E-state index contributed by atoms with van der Waals surface area (Å²) in [5.74, 6) is 0.644. The van der Waals surface area contributed by atoms with Crippen molar-refractivity contribution in [3.8, 4) is 0 Å². The van der Waals surface area contributed by atoms with Gasteiger partial charge >= 0.3 is 6.03 Å². The average Bonchev–Trinajstić information content (AvgIpc) is 2.79. The minimum absolute atomic E-state index is 0.0406. The van der Waals surface area contributed by atoms with Crippen LogP contribution in [0.4, 0.5) is 10.6 Å². The molecule has 0 radical (unpaired) electrons. The summed E-state index contributed by atoms with van der Waals surface area (Å²) in [5.41, 5.74) is -0.0283. The third-order valence-electron chi connectivity index (χ3n) is 4.37. The molecular weight excluding hydrogens is 294 g/mol. The van der Waals surface area contributed by atoms with E-state index in [2.05, 4.69) is 41.5 Å². The van der Waals surface area contributed by atoms with Gasteiger partial charge in [0.05, 0.1) is 12.7 Å². The summed E-state index contributed by atoms with van der Waals surface area (Å²) in [5, 5.41) is 9.86. The number of nitrogens with zero attached hydrogens (tertiary/aromatic N) is 3. The molecule has 0 spiro atoms. The van der Waals surface area contributed by atoms with E-state index in [0.717, 1.165) is 19.3 Å². The quantitative estimate of drug-likeness (QED) is 0.660. The molecule has 126 valence electrons. The highest BCUT2D eigenvalue weighted by molar-refractivity contribution is 5.88. The summed E-state index contributed by atoms with van der Waals surface area (Å²) in [6.45, 7) is 6.93. The number of carbonyl (C=O) groups is 1. The summed E-state index contributed by atoms with van der Waals surface area (Å²) in [6, 6.07) is 1.55. The van der Waals surface area contributed by atoms with Crippen molar-refractivity contribution in [2.75, 3.05) is 11.9 Å². The number of nitrogens with one attached hydrogen (secondary N) is 2. The maximum atomic E-state index is 12.2. The molecule has 2 rings (SSSR count). The highest BCUT2D eigenvalue weighted by Crippen LogP contribution is 2.46. The van der Waals surface area contributed by atoms with Crippen LogP contribution < -0.4 is 10.6 Å². The van der Waals surface area contributed by atoms with Gasteiger partial charge < -0.3 is 5.32 Å². The number of hydrogen-bond donors (Lipinski definition) is 2. The number of amides is 2. The zero-order chi connectivity index (χ0) is 17.1. The second-order valence-corrected chi connectivity index (χ2v) is 7.60. The monoisotopic (exact) mass is 319 g/mol. The van der Waals surface area contributed by atoms with E-state index in [4.69, 9.17) is 0 Å². The Bertz CT molecular complexity index is 618. The largest absolute Gasteiger partial charge is 0.335 e. The third kappa shape index (κ3) is 4.66. The summed E-state index contributed by atoms with van der Waals surface area (Å²) < 4.78 is 1.60. The van der Waals surface area contributed by atoms with Gasteiger partial charge in [-0.25, -0.2) is 14.6 Å². The van der Waals surface area contributed by atoms with E-state index in [9.17, 15) is 9.59 Å². The van der Waals surface area contributed by atoms with E-state index >= 15 is 0 Å². The van der Waals surface area contributed by atoms with Gasteiger partial charge in [-0.3, -0.25) is 10.00 Å². The Balaban J connectivity index is 2.02. The maximum Gasteiger partial charge on any atom is 0.320 e. The predicted octanol–water partition coefficient (Wildman–Crippen LogP) is 2.46. The minimum atomic E-state index is -0.238. The SMILES string of the molecule is Cn1nccc1NC(=O)NC1CC(C)(C)CC(C)(CN=C=O)C1. The Morgan fingerprint density at radius 1 is 1.48 bits per heavy atom. The van der Waals surface area contributed by atoms with E-state index in [1.165, 1.54) is 0 Å². The Kier molecular flexibility index (Phi) is 4.90. The van der Waals surface area contributed by atoms with Crippen LogP contribution in [0.5, 0.6) is 0 Å². The third-order valence-corrected chi connectivity index (χ3v) is 4.37. The van der Waals surface area contributed by atoms with Gasteiger partial charge in [-0.1, -0.05) is 20.8 Å². The van der Waals surface area contributed by atoms with Crippen LogP contribution in [0.3, 0.4) is 0 Å². The highest BCUT2D eigenvalue weighted by Gasteiger charge is 2.41. The van der Waals surface area contributed by atoms with Crippen LogP contribution >= 0.6 is 0 Å². The summed E-state index contributed by atoms with van der Waals surface area (Å²) in [7, 11) is 1.77. The molecule has 1 aliphatic carbocycles. The van der Waals surface area contributed by atoms with Crippen molar-refractivity contribution in [2.24, 2.45) is 22.9 Å². The topological polar surface area (TPSA) is 88.4 Å². The van der Waals surface area contributed by atoms with Gasteiger partial charge in [0.25, 0.3) is 0 Å². The molecule has 7 heteroatoms. The van der Waals surface area contributed by atoms with Crippen LogP contribution in [-0.2, 0) is 11.8 Å². The van der Waals surface area contributed by atoms with Crippen LogP contribution in [0.2, 0.25) is 0 Å². The van der Waals surface area contributed by atoms with Crippen LogP contribution in [0, 0.1) is 10.8 Å². The van der Waals surface area contributed by atoms with Crippen LogP contribution in [-0.4, -0.2) is 34.5 Å². The number of urea groups is 1. The molecular formula is C16H25N5O2. The molecule has 0 bridgehead atoms. The minimum Gasteiger partial charge on any atom is -0.335 e. The van der Waals surface area contributed by atoms with Crippen molar-refractivity contribution in [3.63, 3.8) is 0 Å². The van der Waals surface area contributed by atoms with Gasteiger partial charge in [0.2, 0.25) is 6.08 Å². The molecule has 1 fully saturated rings. The molecule has 1 heterocycles. The van der Waals surface area contributed by atoms with Crippen molar-refractivity contribution >= 4 is 17.9 Å². The molecule has 2 unspecified atom stereocenters. The van der Waals surface area contributed by atoms with Crippen molar-refractivity contribution < 1.29 is 9.59 Å². The highest BCUT2D eigenvalue weighted by atomic mass is 16.2. The van der Waals surface area contributed by atoms with E-state index < -0.39 is 0 Å². The molecule has 1 aromatic heterocycles.